The molecule has 75 heavy (non-hydrogen) atoms. The van der Waals surface area contributed by atoms with E-state index in [-0.39, 0.29) is 17.6 Å². The first-order chi connectivity index (χ1) is 37.1. The number of rotatable bonds is 11. The molecule has 14 atom stereocenters. The predicted octanol–water partition coefficient (Wildman–Crippen LogP) is 17.3. The molecule has 0 radical (unpaired) electrons. The summed E-state index contributed by atoms with van der Waals surface area (Å²) in [6, 6.07) is 16.9. The van der Waals surface area contributed by atoms with Gasteiger partial charge in [-0.05, 0) is 204 Å². The predicted molar refractivity (Wildman–Crippen MR) is 310 cm³/mol. The molecule has 4 heteroatoms. The summed E-state index contributed by atoms with van der Waals surface area (Å²) in [5.41, 5.74) is 10.00. The number of ether oxygens (including phenoxy) is 2. The Morgan fingerprint density at radius 3 is 2.36 bits per heavy atom. The zero-order valence-corrected chi connectivity index (χ0v) is 44.9. The van der Waals surface area contributed by atoms with E-state index in [9.17, 15) is 0 Å². The van der Waals surface area contributed by atoms with Gasteiger partial charge in [0.1, 0.15) is 11.9 Å². The van der Waals surface area contributed by atoms with Crippen LogP contribution in [0.1, 0.15) is 145 Å². The molecule has 2 aliphatic heterocycles. The van der Waals surface area contributed by atoms with Gasteiger partial charge in [0.25, 0.3) is 0 Å². The van der Waals surface area contributed by atoms with Gasteiger partial charge in [-0.25, -0.2) is 0 Å². The van der Waals surface area contributed by atoms with Crippen LogP contribution < -0.4 is 14.5 Å². The molecule has 0 N–H and O–H groups in total. The van der Waals surface area contributed by atoms with Crippen molar-refractivity contribution >= 4 is 17.5 Å². The van der Waals surface area contributed by atoms with Crippen molar-refractivity contribution in [2.75, 3.05) is 9.80 Å². The summed E-state index contributed by atoms with van der Waals surface area (Å²) in [6.07, 6.45) is 68.8. The first-order valence-corrected chi connectivity index (χ1v) is 30.6. The van der Waals surface area contributed by atoms with E-state index in [1.807, 2.05) is 6.08 Å². The summed E-state index contributed by atoms with van der Waals surface area (Å²) < 4.78 is 13.9. The third-order valence-electron chi connectivity index (χ3n) is 22.1. The van der Waals surface area contributed by atoms with Gasteiger partial charge >= 0.3 is 0 Å². The lowest BCUT2D eigenvalue weighted by Crippen LogP contribution is -2.51. The minimum Gasteiger partial charge on any atom is -0.489 e. The molecule has 2 aromatic carbocycles. The molecule has 0 spiro atoms. The molecular weight excluding hydrogens is 913 g/mol. The maximum absolute atomic E-state index is 7.02. The van der Waals surface area contributed by atoms with Crippen molar-refractivity contribution in [3.63, 3.8) is 0 Å². The Kier molecular flexibility index (Phi) is 13.1. The lowest BCUT2D eigenvalue weighted by Gasteiger charge is -2.56. The average molecular weight is 997 g/mol. The Balaban J connectivity index is 0.785. The summed E-state index contributed by atoms with van der Waals surface area (Å²) in [6.45, 7) is 8.09. The van der Waals surface area contributed by atoms with E-state index in [0.29, 0.717) is 71.5 Å². The van der Waals surface area contributed by atoms with Crippen LogP contribution in [-0.4, -0.2) is 30.4 Å². The van der Waals surface area contributed by atoms with Crippen LogP contribution in [-0.2, 0) is 4.74 Å². The molecule has 10 aliphatic carbocycles. The van der Waals surface area contributed by atoms with E-state index in [4.69, 9.17) is 9.47 Å². The van der Waals surface area contributed by atoms with Crippen LogP contribution in [0.3, 0.4) is 0 Å². The minimum absolute atomic E-state index is 0.229. The minimum atomic E-state index is 0.229. The quantitative estimate of drug-likeness (QED) is 0.210. The molecule has 14 unspecified atom stereocenters. The second-order valence-corrected chi connectivity index (χ2v) is 25.5. The van der Waals surface area contributed by atoms with E-state index < -0.39 is 0 Å². The van der Waals surface area contributed by atoms with Crippen molar-refractivity contribution in [3.05, 3.63) is 181 Å². The zero-order valence-electron chi connectivity index (χ0n) is 44.9. The van der Waals surface area contributed by atoms with Crippen LogP contribution in [0.15, 0.2) is 170 Å². The van der Waals surface area contributed by atoms with Crippen molar-refractivity contribution in [2.24, 2.45) is 64.6 Å². The Morgan fingerprint density at radius 2 is 1.55 bits per heavy atom. The normalized spacial score (nSPS) is 39.2. The van der Waals surface area contributed by atoms with Crippen molar-refractivity contribution in [1.29, 1.82) is 0 Å². The van der Waals surface area contributed by atoms with Crippen LogP contribution in [0.5, 0.6) is 5.75 Å². The average Bonchev–Trinajstić information content (AvgIpc) is 4.24. The molecule has 2 heterocycles. The largest absolute Gasteiger partial charge is 0.489 e. The van der Waals surface area contributed by atoms with Crippen LogP contribution in [0, 0.1) is 64.6 Å². The molecule has 12 aliphatic rings. The van der Waals surface area contributed by atoms with Gasteiger partial charge in [-0.2, -0.15) is 0 Å². The molecule has 1 saturated heterocycles. The van der Waals surface area contributed by atoms with Gasteiger partial charge in [0.05, 0.1) is 24.3 Å². The summed E-state index contributed by atoms with van der Waals surface area (Å²) in [5, 5.41) is 0. The molecule has 0 aromatic heterocycles. The molecule has 3 saturated carbocycles. The van der Waals surface area contributed by atoms with Crippen LogP contribution in [0.25, 0.3) is 6.08 Å². The van der Waals surface area contributed by atoms with Gasteiger partial charge in [-0.3, -0.25) is 0 Å². The van der Waals surface area contributed by atoms with E-state index >= 15 is 0 Å². The van der Waals surface area contributed by atoms with Crippen molar-refractivity contribution in [2.45, 2.75) is 165 Å². The highest BCUT2D eigenvalue weighted by Crippen LogP contribution is 2.70. The molecule has 0 bridgehead atoms. The number of hydrogen-bond acceptors (Lipinski definition) is 4. The van der Waals surface area contributed by atoms with E-state index in [2.05, 4.69) is 163 Å². The second-order valence-electron chi connectivity index (χ2n) is 25.5. The van der Waals surface area contributed by atoms with Crippen LogP contribution >= 0.6 is 0 Å². The lowest BCUT2D eigenvalue weighted by molar-refractivity contribution is -0.0877. The van der Waals surface area contributed by atoms with Gasteiger partial charge in [0.2, 0.25) is 0 Å². The summed E-state index contributed by atoms with van der Waals surface area (Å²) >= 11 is 0. The molecule has 14 rings (SSSR count). The Bertz CT molecular complexity index is 2760. The smallest absolute Gasteiger partial charge is 0.125 e. The summed E-state index contributed by atoms with van der Waals surface area (Å²) in [5.74, 6) is 7.64. The number of fused-ring (bicyclic) bond motifs is 9. The van der Waals surface area contributed by atoms with Gasteiger partial charge in [0.15, 0.2) is 0 Å². The maximum Gasteiger partial charge on any atom is 0.125 e. The van der Waals surface area contributed by atoms with E-state index in [1.165, 1.54) is 124 Å². The molecule has 0 amide bonds. The molecule has 390 valence electrons. The Labute approximate surface area is 450 Å². The van der Waals surface area contributed by atoms with Gasteiger partial charge in [-0.1, -0.05) is 153 Å². The van der Waals surface area contributed by atoms with Crippen molar-refractivity contribution < 1.29 is 9.47 Å². The number of allylic oxidation sites excluding steroid dienone is 14. The second kappa shape index (κ2) is 20.4. The maximum atomic E-state index is 7.02. The Morgan fingerprint density at radius 1 is 0.680 bits per heavy atom. The molecule has 4 fully saturated rings. The third-order valence-corrected chi connectivity index (χ3v) is 22.1. The van der Waals surface area contributed by atoms with E-state index in [1.54, 1.807) is 5.70 Å². The standard InChI is InChI=1S/C71H84N2O2/c1-3-47-25-34-54(35-26-47)73-65-21-12-9-18-60(65)62-45-50(31-44-66(62)73)49-29-36-53(37-30-49)72(67-22-14-24-69-70(67)61-19-10-13-23-68(61)75-69)55-38-43-59-58-17-8-11-20-63(58)71(64(59)46-55,51-15-6-5-7-16-51)52-32-41-57(42-33-52)74-56-39-27-48(4-2)28-40-56/h3-4,8,10-11,14,17,19-22,24-27,29,31,34-38,43-44,49-52,55-64,66,68H,1-2,5-7,9,12-13,15-16,18,23,28,30,32-33,39-42,45-46H2. The fourth-order valence-corrected chi connectivity index (χ4v) is 18.9. The number of nitrogens with zero attached hydrogens (tertiary/aromatic N) is 2. The Hall–Kier alpha value is -5.06. The van der Waals surface area contributed by atoms with Crippen LogP contribution in [0.4, 0.5) is 11.4 Å². The highest BCUT2D eigenvalue weighted by atomic mass is 16.5. The fourth-order valence-electron chi connectivity index (χ4n) is 18.9. The van der Waals surface area contributed by atoms with Gasteiger partial charge in [-0.15, -0.1) is 0 Å². The first kappa shape index (κ1) is 48.3. The summed E-state index contributed by atoms with van der Waals surface area (Å²) in [4.78, 5) is 5.58. The van der Waals surface area contributed by atoms with E-state index in [0.717, 1.165) is 56.1 Å². The lowest BCUT2D eigenvalue weighted by atomic mass is 9.49. The fraction of sp³-hybridized carbons (Fsp3) is 0.521. The number of anilines is 2. The zero-order chi connectivity index (χ0) is 50.0. The van der Waals surface area contributed by atoms with Gasteiger partial charge in [0, 0.05) is 40.2 Å². The van der Waals surface area contributed by atoms with Crippen molar-refractivity contribution in [1.82, 2.24) is 0 Å². The highest BCUT2D eigenvalue weighted by Gasteiger charge is 2.65. The van der Waals surface area contributed by atoms with Crippen molar-refractivity contribution in [3.8, 4) is 5.75 Å². The van der Waals surface area contributed by atoms with Crippen LogP contribution in [0.2, 0.25) is 0 Å². The highest BCUT2D eigenvalue weighted by molar-refractivity contribution is 5.69. The number of hydrogen-bond donors (Lipinski definition) is 0. The molecular formula is C71H84N2O2. The molecule has 4 nitrogen and oxygen atoms in total. The monoisotopic (exact) mass is 997 g/mol. The third kappa shape index (κ3) is 8.39. The topological polar surface area (TPSA) is 24.9 Å². The SMILES string of the molecule is C=CC1=CCC(OC2CCC(C3(C4CCCCC4)C4C=CC=CC4C4C=CC(N(C5=CCC(C6C=CC7C(C6)C6CCCC=C6N7c6ccc(C=C)cc6)C=C5)c5cccc6c5C5C=CCCC5O6)CC43)CC2)CC1. The summed E-state index contributed by atoms with van der Waals surface area (Å²) in [7, 11) is 0. The molecule has 2 aromatic rings. The number of benzene rings is 2. The first-order valence-electron chi connectivity index (χ1n) is 30.6. The van der Waals surface area contributed by atoms with Gasteiger partial charge < -0.3 is 19.3 Å².